The summed E-state index contributed by atoms with van der Waals surface area (Å²) >= 11 is 1.26. The Morgan fingerprint density at radius 3 is 2.45 bits per heavy atom. The van der Waals surface area contributed by atoms with Gasteiger partial charge in [0.15, 0.2) is 17.9 Å². The topological polar surface area (TPSA) is 236 Å². The Hall–Kier alpha value is -4.27. The molecule has 7 aliphatic rings. The quantitative estimate of drug-likeness (QED) is 0.169. The molecule has 4 saturated heterocycles. The summed E-state index contributed by atoms with van der Waals surface area (Å²) in [5, 5.41) is 44.6. The summed E-state index contributed by atoms with van der Waals surface area (Å²) in [4.78, 5) is 83.2. The van der Waals surface area contributed by atoms with Crippen LogP contribution in [0.5, 0.6) is 17.2 Å². The third kappa shape index (κ3) is 7.06. The molecule has 4 N–H and O–H groups in total. The van der Waals surface area contributed by atoms with Crippen LogP contribution in [0.25, 0.3) is 0 Å². The number of likely N-dealkylation sites (tertiary alicyclic amines) is 1. The maximum Gasteiger partial charge on any atom is 0.242 e. The molecule has 4 heterocycles. The molecule has 2 aromatic rings. The lowest BCUT2D eigenvalue weighted by Gasteiger charge is -2.43. The molecule has 5 fully saturated rings. The third-order valence-electron chi connectivity index (χ3n) is 14.0. The predicted molar refractivity (Wildman–Crippen MR) is 216 cm³/mol. The number of carbonyl (C=O) groups is 6. The van der Waals surface area contributed by atoms with Gasteiger partial charge in [-0.25, -0.2) is 0 Å². The Kier molecular flexibility index (Phi) is 11.4. The number of fused-ring (bicyclic) bond motifs is 6. The molecule has 2 unspecified atom stereocenters. The van der Waals surface area contributed by atoms with Crippen LogP contribution < -0.4 is 4.74 Å². The Labute approximate surface area is 360 Å². The molecule has 62 heavy (non-hydrogen) atoms. The number of morpholine rings is 1. The van der Waals surface area contributed by atoms with Gasteiger partial charge in [-0.15, -0.1) is 11.8 Å². The Balaban J connectivity index is 0.942. The minimum Gasteiger partial charge on any atom is -0.507 e. The molecule has 3 aliphatic carbocycles. The number of hydrogen-bond donors (Lipinski definition) is 4. The maximum atomic E-state index is 14.1. The van der Waals surface area contributed by atoms with E-state index in [-0.39, 0.29) is 76.3 Å². The van der Waals surface area contributed by atoms with Crippen molar-refractivity contribution in [1.29, 1.82) is 0 Å². The number of aliphatic hydroxyl groups is 2. The minimum absolute atomic E-state index is 0.0420. The number of phenolic OH excluding ortho intramolecular Hbond substituents is 2. The molecule has 2 amide bonds. The Morgan fingerprint density at radius 1 is 1.00 bits per heavy atom. The molecule has 0 aromatic heterocycles. The number of methoxy groups -OCH3 is 1. The van der Waals surface area contributed by atoms with Gasteiger partial charge in [0.1, 0.15) is 53.0 Å². The van der Waals surface area contributed by atoms with E-state index in [9.17, 15) is 49.2 Å². The largest absolute Gasteiger partial charge is 0.507 e. The van der Waals surface area contributed by atoms with Gasteiger partial charge < -0.3 is 44.1 Å². The zero-order chi connectivity index (χ0) is 43.9. The summed E-state index contributed by atoms with van der Waals surface area (Å²) in [6.45, 7) is 3.48. The molecule has 1 saturated carbocycles. The number of aromatic hydroxyl groups is 2. The average Bonchev–Trinajstić information content (AvgIpc) is 3.76. The number of phenols is 2. The molecular weight excluding hydrogens is 829 g/mol. The highest BCUT2D eigenvalue weighted by Crippen LogP contribution is 2.53. The summed E-state index contributed by atoms with van der Waals surface area (Å²) in [5.41, 5.74) is -4.33. The first-order valence-corrected chi connectivity index (χ1v) is 22.2. The second kappa shape index (κ2) is 16.4. The molecule has 0 spiro atoms. The molecule has 9 rings (SSSR count). The van der Waals surface area contributed by atoms with Gasteiger partial charge in [0.25, 0.3) is 0 Å². The van der Waals surface area contributed by atoms with Crippen molar-refractivity contribution >= 4 is 46.7 Å². The average molecular weight is 879 g/mol. The lowest BCUT2D eigenvalue weighted by Crippen LogP contribution is -2.54. The highest BCUT2D eigenvalue weighted by atomic mass is 32.2. The lowest BCUT2D eigenvalue weighted by atomic mass is 9.72. The second-order valence-electron chi connectivity index (χ2n) is 17.5. The van der Waals surface area contributed by atoms with Crippen molar-refractivity contribution in [1.82, 2.24) is 9.80 Å². The highest BCUT2D eigenvalue weighted by molar-refractivity contribution is 8.01. The Bertz CT molecular complexity index is 2240. The van der Waals surface area contributed by atoms with Crippen molar-refractivity contribution in [3.8, 4) is 17.2 Å². The molecule has 17 nitrogen and oxygen atoms in total. The van der Waals surface area contributed by atoms with Crippen LogP contribution in [0, 0.1) is 11.8 Å². The van der Waals surface area contributed by atoms with Gasteiger partial charge in [0.05, 0.1) is 47.9 Å². The number of amides is 2. The fourth-order valence-corrected chi connectivity index (χ4v) is 12.1. The zero-order valence-corrected chi connectivity index (χ0v) is 35.4. The minimum atomic E-state index is -2.30. The smallest absolute Gasteiger partial charge is 0.242 e. The van der Waals surface area contributed by atoms with Gasteiger partial charge >= 0.3 is 0 Å². The maximum absolute atomic E-state index is 14.1. The number of carbonyl (C=O) groups excluding carboxylic acids is 6. The van der Waals surface area contributed by atoms with E-state index in [1.807, 2.05) is 0 Å². The summed E-state index contributed by atoms with van der Waals surface area (Å²) < 4.78 is 31.0. The van der Waals surface area contributed by atoms with Gasteiger partial charge in [0.2, 0.25) is 17.6 Å². The van der Waals surface area contributed by atoms with Crippen molar-refractivity contribution < 1.29 is 72.9 Å². The zero-order valence-electron chi connectivity index (χ0n) is 34.6. The first-order valence-electron chi connectivity index (χ1n) is 21.2. The molecular formula is C44H50N2O15S. The molecule has 0 radical (unpaired) electrons. The van der Waals surface area contributed by atoms with E-state index in [0.717, 1.165) is 25.7 Å². The van der Waals surface area contributed by atoms with Gasteiger partial charge in [-0.05, 0) is 51.5 Å². The van der Waals surface area contributed by atoms with E-state index < -0.39 is 107 Å². The highest BCUT2D eigenvalue weighted by Gasteiger charge is 2.56. The number of thioether (sulfide) groups is 1. The molecule has 0 bridgehead atoms. The number of nitrogens with zero attached hydrogens (tertiary/aromatic N) is 2. The van der Waals surface area contributed by atoms with E-state index in [1.54, 1.807) is 13.8 Å². The van der Waals surface area contributed by atoms with Crippen LogP contribution in [0.3, 0.4) is 0 Å². The van der Waals surface area contributed by atoms with Crippen LogP contribution >= 0.6 is 11.8 Å². The van der Waals surface area contributed by atoms with Gasteiger partial charge in [-0.2, -0.15) is 0 Å². The number of hydrogen-bond acceptors (Lipinski definition) is 17. The SMILES string of the molecule is COc1cccc2c1C(=O)c1c(O)c3c(c(O)c1C2=O)C[C@@](O)(C(=O)CO)C[C@@H]3O[C@H]1C[C@H]2[C@H](O[C@@H]3C(SC4CC(=O)N(CC5CCC(C(C)=O)CC5)C4=O)OCCN32)[C@H](C)O1. The number of benzene rings is 2. The van der Waals surface area contributed by atoms with Crippen LogP contribution in [0.4, 0.5) is 0 Å². The van der Waals surface area contributed by atoms with Crippen LogP contribution in [0.1, 0.15) is 108 Å². The second-order valence-corrected chi connectivity index (χ2v) is 18.8. The summed E-state index contributed by atoms with van der Waals surface area (Å²) in [7, 11) is 1.33. The van der Waals surface area contributed by atoms with Gasteiger partial charge in [-0.1, -0.05) is 12.1 Å². The summed E-state index contributed by atoms with van der Waals surface area (Å²) in [6, 6.07) is 4.09. The van der Waals surface area contributed by atoms with E-state index in [1.165, 1.54) is 42.0 Å². The number of Topliss-reactive ketones (excluding diaryl/α,β-unsaturated/α-hetero) is 2. The first kappa shape index (κ1) is 43.0. The fraction of sp³-hybridized carbons (Fsp3) is 0.591. The number of imide groups is 1. The molecule has 2 aromatic carbocycles. The van der Waals surface area contributed by atoms with E-state index >= 15 is 0 Å². The fourth-order valence-electron chi connectivity index (χ4n) is 10.7. The summed E-state index contributed by atoms with van der Waals surface area (Å²) in [5.74, 6) is -3.92. The monoisotopic (exact) mass is 878 g/mol. The standard InChI is InChI=1S/C44H50N2O15S/c1-19(48)22-9-7-21(8-10-22)17-46-30(50)14-28(41(46)55)62-43-42-45(11-12-58-43)25-13-31(59-20(2)40(25)61-42)60-27-16-44(56,29(49)18-47)15-24-33(27)39(54)35-34(37(24)52)36(51)23-5-4-6-26(57-3)32(23)38(35)53/h4-6,20-22,25,27-28,31,40,42-43,47,52,54,56H,7-18H2,1-3H3/t20-,21?,22?,25-,27-,28?,31-,40+,42+,43?,44-/m0/s1. The lowest BCUT2D eigenvalue weighted by molar-refractivity contribution is -0.247. The number of rotatable bonds is 10. The number of aliphatic hydroxyl groups excluding tert-OH is 1. The van der Waals surface area contributed by atoms with Crippen molar-refractivity contribution in [2.45, 2.75) is 118 Å². The van der Waals surface area contributed by atoms with Crippen molar-refractivity contribution in [3.63, 3.8) is 0 Å². The molecule has 4 aliphatic heterocycles. The van der Waals surface area contributed by atoms with Crippen LogP contribution in [0.15, 0.2) is 18.2 Å². The first-order chi connectivity index (χ1) is 29.6. The number of ketones is 4. The van der Waals surface area contributed by atoms with E-state index in [4.69, 9.17) is 23.7 Å². The van der Waals surface area contributed by atoms with E-state index in [0.29, 0.717) is 19.7 Å². The Morgan fingerprint density at radius 2 is 1.74 bits per heavy atom. The molecule has 9 atom stereocenters. The van der Waals surface area contributed by atoms with Crippen LogP contribution in [-0.2, 0) is 44.5 Å². The van der Waals surface area contributed by atoms with Crippen molar-refractivity contribution in [2.24, 2.45) is 11.8 Å². The third-order valence-corrected chi connectivity index (χ3v) is 15.3. The summed E-state index contributed by atoms with van der Waals surface area (Å²) in [6.07, 6.45) is -1.84. The predicted octanol–water partition coefficient (Wildman–Crippen LogP) is 2.32. The molecule has 332 valence electrons. The number of ether oxygens (including phenoxy) is 5. The van der Waals surface area contributed by atoms with Crippen molar-refractivity contribution in [2.75, 3.05) is 33.4 Å². The van der Waals surface area contributed by atoms with Gasteiger partial charge in [0, 0.05) is 67.4 Å². The van der Waals surface area contributed by atoms with Crippen molar-refractivity contribution in [3.05, 3.63) is 51.6 Å². The van der Waals surface area contributed by atoms with E-state index in [2.05, 4.69) is 4.90 Å². The van der Waals surface area contributed by atoms with Gasteiger partial charge in [-0.3, -0.25) is 38.6 Å². The molecule has 18 heteroatoms. The van der Waals surface area contributed by atoms with Crippen LogP contribution in [-0.4, -0.2) is 146 Å². The normalized spacial score (nSPS) is 34.3. The van der Waals surface area contributed by atoms with Crippen LogP contribution in [0.2, 0.25) is 0 Å².